The largest absolute Gasteiger partial charge is 0.496 e. The van der Waals surface area contributed by atoms with Gasteiger partial charge in [-0.3, -0.25) is 4.79 Å². The van der Waals surface area contributed by atoms with Gasteiger partial charge in [0.15, 0.2) is 0 Å². The van der Waals surface area contributed by atoms with E-state index in [1.807, 2.05) is 10.3 Å². The Morgan fingerprint density at radius 2 is 2.47 bits per heavy atom. The molecule has 4 nitrogen and oxygen atoms in total. The van der Waals surface area contributed by atoms with Gasteiger partial charge in [-0.25, -0.2) is 0 Å². The Hall–Kier alpha value is -1.07. The molecule has 0 aliphatic carbocycles. The van der Waals surface area contributed by atoms with Crippen LogP contribution in [0.5, 0.6) is 5.75 Å². The molecular formula is C12H17NO3S. The molecule has 1 aliphatic rings. The van der Waals surface area contributed by atoms with E-state index in [-0.39, 0.29) is 17.9 Å². The summed E-state index contributed by atoms with van der Waals surface area (Å²) >= 11 is 1.40. The molecule has 2 heterocycles. The van der Waals surface area contributed by atoms with Gasteiger partial charge >= 0.3 is 0 Å². The van der Waals surface area contributed by atoms with Crippen LogP contribution in [0.4, 0.5) is 0 Å². The maximum atomic E-state index is 12.1. The maximum Gasteiger partial charge on any atom is 0.264 e. The molecule has 0 aromatic carbocycles. The van der Waals surface area contributed by atoms with Gasteiger partial charge in [-0.15, -0.1) is 11.3 Å². The zero-order valence-corrected chi connectivity index (χ0v) is 10.9. The SMILES string of the molecule is COc1csc(C(=O)N2CCC(C(C)O)C2)c1. The molecule has 2 atom stereocenters. The highest BCUT2D eigenvalue weighted by molar-refractivity contribution is 7.12. The van der Waals surface area contributed by atoms with E-state index in [1.54, 1.807) is 20.1 Å². The monoisotopic (exact) mass is 255 g/mol. The van der Waals surface area contributed by atoms with E-state index < -0.39 is 0 Å². The van der Waals surface area contributed by atoms with Crippen LogP contribution < -0.4 is 4.74 Å². The third-order valence-electron chi connectivity index (χ3n) is 3.22. The van der Waals surface area contributed by atoms with Crippen LogP contribution in [0.1, 0.15) is 23.0 Å². The smallest absolute Gasteiger partial charge is 0.264 e. The van der Waals surface area contributed by atoms with Crippen molar-refractivity contribution in [2.75, 3.05) is 20.2 Å². The first-order valence-corrected chi connectivity index (χ1v) is 6.59. The van der Waals surface area contributed by atoms with Crippen molar-refractivity contribution in [3.63, 3.8) is 0 Å². The molecule has 0 saturated carbocycles. The highest BCUT2D eigenvalue weighted by Crippen LogP contribution is 2.26. The summed E-state index contributed by atoms with van der Waals surface area (Å²) in [5.41, 5.74) is 0. The van der Waals surface area contributed by atoms with Crippen molar-refractivity contribution in [2.24, 2.45) is 5.92 Å². The van der Waals surface area contributed by atoms with E-state index in [9.17, 15) is 9.90 Å². The van der Waals surface area contributed by atoms with Crippen LogP contribution in [-0.4, -0.2) is 42.2 Å². The number of methoxy groups -OCH3 is 1. The van der Waals surface area contributed by atoms with Crippen LogP contribution in [0.15, 0.2) is 11.4 Å². The standard InChI is InChI=1S/C12H17NO3S/c1-8(14)9-3-4-13(6-9)12(15)11-5-10(16-2)7-17-11/h5,7-9,14H,3-4,6H2,1-2H3. The van der Waals surface area contributed by atoms with Crippen molar-refractivity contribution < 1.29 is 14.6 Å². The topological polar surface area (TPSA) is 49.8 Å². The zero-order valence-electron chi connectivity index (χ0n) is 10.0. The molecule has 1 N–H and O–H groups in total. The lowest BCUT2D eigenvalue weighted by Crippen LogP contribution is -2.29. The number of aliphatic hydroxyl groups is 1. The summed E-state index contributed by atoms with van der Waals surface area (Å²) in [5.74, 6) is 0.979. The summed E-state index contributed by atoms with van der Waals surface area (Å²) in [4.78, 5) is 14.7. The Labute approximate surface area is 105 Å². The van der Waals surface area contributed by atoms with Crippen LogP contribution >= 0.6 is 11.3 Å². The number of hydrogen-bond acceptors (Lipinski definition) is 4. The van der Waals surface area contributed by atoms with Gasteiger partial charge in [0.1, 0.15) is 5.75 Å². The van der Waals surface area contributed by atoms with E-state index in [4.69, 9.17) is 4.74 Å². The Kier molecular flexibility index (Phi) is 3.69. The molecule has 1 fully saturated rings. The summed E-state index contributed by atoms with van der Waals surface area (Å²) in [6.45, 7) is 3.16. The number of carbonyl (C=O) groups is 1. The molecule has 1 aliphatic heterocycles. The second kappa shape index (κ2) is 5.06. The quantitative estimate of drug-likeness (QED) is 0.892. The van der Waals surface area contributed by atoms with E-state index in [2.05, 4.69) is 0 Å². The summed E-state index contributed by atoms with van der Waals surface area (Å²) in [7, 11) is 1.59. The summed E-state index contributed by atoms with van der Waals surface area (Å²) in [6.07, 6.45) is 0.539. The van der Waals surface area contributed by atoms with E-state index >= 15 is 0 Å². The van der Waals surface area contributed by atoms with Crippen LogP contribution in [0.2, 0.25) is 0 Å². The Balaban J connectivity index is 2.01. The van der Waals surface area contributed by atoms with Crippen molar-refractivity contribution in [3.05, 3.63) is 16.3 Å². The first kappa shape index (κ1) is 12.4. The predicted molar refractivity (Wildman–Crippen MR) is 66.6 cm³/mol. The molecule has 5 heteroatoms. The first-order chi connectivity index (χ1) is 8.11. The van der Waals surface area contributed by atoms with Crippen molar-refractivity contribution in [3.8, 4) is 5.75 Å². The lowest BCUT2D eigenvalue weighted by atomic mass is 10.0. The minimum absolute atomic E-state index is 0.0430. The molecule has 1 aromatic heterocycles. The molecule has 94 valence electrons. The second-order valence-corrected chi connectivity index (χ2v) is 5.30. The summed E-state index contributed by atoms with van der Waals surface area (Å²) in [5, 5.41) is 11.3. The molecule has 17 heavy (non-hydrogen) atoms. The zero-order chi connectivity index (χ0) is 12.4. The molecule has 1 amide bonds. The molecule has 2 unspecified atom stereocenters. The Morgan fingerprint density at radius 3 is 3.00 bits per heavy atom. The van der Waals surface area contributed by atoms with Gasteiger partial charge in [0.05, 0.1) is 18.1 Å². The normalized spacial score (nSPS) is 21.6. The minimum Gasteiger partial charge on any atom is -0.496 e. The van der Waals surface area contributed by atoms with Crippen LogP contribution in [0.25, 0.3) is 0 Å². The number of nitrogens with zero attached hydrogens (tertiary/aromatic N) is 1. The highest BCUT2D eigenvalue weighted by atomic mass is 32.1. The second-order valence-electron chi connectivity index (χ2n) is 4.39. The van der Waals surface area contributed by atoms with Gasteiger partial charge in [-0.1, -0.05) is 0 Å². The van der Waals surface area contributed by atoms with Crippen molar-refractivity contribution in [1.29, 1.82) is 0 Å². The number of thiophene rings is 1. The highest BCUT2D eigenvalue weighted by Gasteiger charge is 2.30. The molecule has 0 radical (unpaired) electrons. The molecule has 2 rings (SSSR count). The van der Waals surface area contributed by atoms with Gasteiger partial charge < -0.3 is 14.7 Å². The number of ether oxygens (including phenoxy) is 1. The predicted octanol–water partition coefficient (Wildman–Crippen LogP) is 1.60. The summed E-state index contributed by atoms with van der Waals surface area (Å²) < 4.78 is 5.07. The molecular weight excluding hydrogens is 238 g/mol. The minimum atomic E-state index is -0.342. The van der Waals surface area contributed by atoms with Gasteiger partial charge in [0, 0.05) is 30.5 Å². The van der Waals surface area contributed by atoms with Crippen molar-refractivity contribution in [1.82, 2.24) is 4.90 Å². The van der Waals surface area contributed by atoms with Crippen molar-refractivity contribution in [2.45, 2.75) is 19.4 Å². The number of aliphatic hydroxyl groups excluding tert-OH is 1. The Morgan fingerprint density at radius 1 is 1.71 bits per heavy atom. The van der Waals surface area contributed by atoms with Gasteiger partial charge in [-0.2, -0.15) is 0 Å². The van der Waals surface area contributed by atoms with Crippen LogP contribution in [-0.2, 0) is 0 Å². The Bertz CT molecular complexity index is 402. The number of rotatable bonds is 3. The average Bonchev–Trinajstić information content (AvgIpc) is 2.97. The van der Waals surface area contributed by atoms with Gasteiger partial charge in [-0.05, 0) is 13.3 Å². The van der Waals surface area contributed by atoms with Gasteiger partial charge in [0.2, 0.25) is 0 Å². The molecule has 0 spiro atoms. The van der Waals surface area contributed by atoms with Gasteiger partial charge in [0.25, 0.3) is 5.91 Å². The number of hydrogen-bond donors (Lipinski definition) is 1. The van der Waals surface area contributed by atoms with Crippen LogP contribution in [0, 0.1) is 5.92 Å². The fourth-order valence-electron chi connectivity index (χ4n) is 2.06. The van der Waals surface area contributed by atoms with Crippen molar-refractivity contribution >= 4 is 17.2 Å². The lowest BCUT2D eigenvalue weighted by molar-refractivity contribution is 0.0767. The number of amides is 1. The third-order valence-corrected chi connectivity index (χ3v) is 4.11. The average molecular weight is 255 g/mol. The van der Waals surface area contributed by atoms with Crippen LogP contribution in [0.3, 0.4) is 0 Å². The molecule has 0 bridgehead atoms. The van der Waals surface area contributed by atoms with E-state index in [1.165, 1.54) is 11.3 Å². The first-order valence-electron chi connectivity index (χ1n) is 5.71. The third kappa shape index (κ3) is 2.61. The fourth-order valence-corrected chi connectivity index (χ4v) is 2.88. The maximum absolute atomic E-state index is 12.1. The lowest BCUT2D eigenvalue weighted by Gasteiger charge is -2.16. The molecule has 1 aromatic rings. The van der Waals surface area contributed by atoms with E-state index in [0.717, 1.165) is 18.7 Å². The fraction of sp³-hybridized carbons (Fsp3) is 0.583. The van der Waals surface area contributed by atoms with E-state index in [0.29, 0.717) is 11.4 Å². The number of carbonyl (C=O) groups excluding carboxylic acids is 1. The molecule has 1 saturated heterocycles. The number of likely N-dealkylation sites (tertiary alicyclic amines) is 1. The summed E-state index contributed by atoms with van der Waals surface area (Å²) in [6, 6.07) is 1.77.